The Kier molecular flexibility index (Phi) is 7.80. The molecule has 2 atom stereocenters. The summed E-state index contributed by atoms with van der Waals surface area (Å²) in [6.07, 6.45) is 5.35. The van der Waals surface area contributed by atoms with Crippen molar-refractivity contribution in [1.29, 1.82) is 0 Å². The quantitative estimate of drug-likeness (QED) is 0.706. The Morgan fingerprint density at radius 1 is 1.37 bits per heavy atom. The van der Waals surface area contributed by atoms with Crippen molar-refractivity contribution in [2.45, 2.75) is 45.2 Å². The standard InChI is InChI=1S/C14H29N3OS/c1-11(2)13(17-7-4-5-8-17)10-16-14(18)12(15)6-9-19-3/h11-13H,4-10,15H2,1-3H3,(H,16,18)/t12-,13?/m1/s1. The van der Waals surface area contributed by atoms with Gasteiger partial charge in [-0.3, -0.25) is 9.69 Å². The van der Waals surface area contributed by atoms with E-state index in [2.05, 4.69) is 24.1 Å². The summed E-state index contributed by atoms with van der Waals surface area (Å²) in [6.45, 7) is 7.50. The van der Waals surface area contributed by atoms with E-state index < -0.39 is 0 Å². The second kappa shape index (κ2) is 8.82. The summed E-state index contributed by atoms with van der Waals surface area (Å²) in [6, 6.07) is 0.0815. The average Bonchev–Trinajstić information content (AvgIpc) is 2.89. The molecule has 0 radical (unpaired) electrons. The molecule has 0 aliphatic carbocycles. The number of rotatable bonds is 8. The minimum Gasteiger partial charge on any atom is -0.353 e. The highest BCUT2D eigenvalue weighted by atomic mass is 32.2. The van der Waals surface area contributed by atoms with Crippen molar-refractivity contribution in [2.75, 3.05) is 31.6 Å². The second-order valence-corrected chi connectivity index (χ2v) is 6.67. The van der Waals surface area contributed by atoms with Crippen LogP contribution in [0.15, 0.2) is 0 Å². The molecule has 1 fully saturated rings. The molecule has 1 rings (SSSR count). The van der Waals surface area contributed by atoms with E-state index in [0.29, 0.717) is 12.0 Å². The van der Waals surface area contributed by atoms with Gasteiger partial charge in [-0.25, -0.2) is 0 Å². The minimum absolute atomic E-state index is 0.00102. The molecule has 0 saturated carbocycles. The largest absolute Gasteiger partial charge is 0.353 e. The predicted octanol–water partition coefficient (Wildman–Crippen LogP) is 1.30. The van der Waals surface area contributed by atoms with Gasteiger partial charge in [0.25, 0.3) is 0 Å². The number of carbonyl (C=O) groups excluding carboxylic acids is 1. The summed E-state index contributed by atoms with van der Waals surface area (Å²) in [5, 5.41) is 3.03. The SMILES string of the molecule is CSCC[C@@H](N)C(=O)NCC(C(C)C)N1CCCC1. The molecule has 0 aromatic carbocycles. The zero-order chi connectivity index (χ0) is 14.3. The molecule has 0 spiro atoms. The molecule has 4 nitrogen and oxygen atoms in total. The van der Waals surface area contributed by atoms with Crippen LogP contribution in [0.2, 0.25) is 0 Å². The first-order valence-corrected chi connectivity index (χ1v) is 8.72. The first-order valence-electron chi connectivity index (χ1n) is 7.32. The summed E-state index contributed by atoms with van der Waals surface area (Å²) < 4.78 is 0. The number of likely N-dealkylation sites (tertiary alicyclic amines) is 1. The number of hydrogen-bond acceptors (Lipinski definition) is 4. The van der Waals surface area contributed by atoms with Crippen molar-refractivity contribution in [1.82, 2.24) is 10.2 Å². The summed E-state index contributed by atoms with van der Waals surface area (Å²) in [5.74, 6) is 1.49. The van der Waals surface area contributed by atoms with E-state index in [4.69, 9.17) is 5.73 Å². The Morgan fingerprint density at radius 2 is 2.00 bits per heavy atom. The van der Waals surface area contributed by atoms with E-state index in [1.54, 1.807) is 11.8 Å². The highest BCUT2D eigenvalue weighted by molar-refractivity contribution is 7.98. The lowest BCUT2D eigenvalue weighted by molar-refractivity contribution is -0.122. The van der Waals surface area contributed by atoms with Crippen LogP contribution in [0.5, 0.6) is 0 Å². The summed E-state index contributed by atoms with van der Waals surface area (Å²) in [5.41, 5.74) is 5.88. The lowest BCUT2D eigenvalue weighted by atomic mass is 10.0. The third kappa shape index (κ3) is 5.71. The molecule has 0 aromatic rings. The van der Waals surface area contributed by atoms with Crippen LogP contribution < -0.4 is 11.1 Å². The van der Waals surface area contributed by atoms with Crippen LogP contribution in [0, 0.1) is 5.92 Å². The molecular weight excluding hydrogens is 258 g/mol. The Balaban J connectivity index is 2.36. The lowest BCUT2D eigenvalue weighted by Gasteiger charge is -2.31. The van der Waals surface area contributed by atoms with E-state index in [1.807, 2.05) is 6.26 Å². The number of nitrogens with one attached hydrogen (secondary N) is 1. The molecule has 5 heteroatoms. The van der Waals surface area contributed by atoms with Gasteiger partial charge < -0.3 is 11.1 Å². The lowest BCUT2D eigenvalue weighted by Crippen LogP contribution is -2.49. The van der Waals surface area contributed by atoms with Gasteiger partial charge in [-0.1, -0.05) is 13.8 Å². The van der Waals surface area contributed by atoms with Crippen LogP contribution >= 0.6 is 11.8 Å². The molecular formula is C14H29N3OS. The molecule has 1 amide bonds. The molecule has 1 unspecified atom stereocenters. The molecule has 1 saturated heterocycles. The van der Waals surface area contributed by atoms with Crippen LogP contribution in [0.1, 0.15) is 33.1 Å². The minimum atomic E-state index is -0.362. The van der Waals surface area contributed by atoms with Crippen LogP contribution in [-0.2, 0) is 4.79 Å². The van der Waals surface area contributed by atoms with Crippen molar-refractivity contribution in [3.05, 3.63) is 0 Å². The van der Waals surface area contributed by atoms with Crippen LogP contribution in [0.25, 0.3) is 0 Å². The number of carbonyl (C=O) groups is 1. The maximum atomic E-state index is 11.9. The maximum absolute atomic E-state index is 11.9. The van der Waals surface area contributed by atoms with Crippen molar-refractivity contribution >= 4 is 17.7 Å². The zero-order valence-electron chi connectivity index (χ0n) is 12.5. The van der Waals surface area contributed by atoms with Gasteiger partial charge in [0.2, 0.25) is 5.91 Å². The normalized spacial score (nSPS) is 19.6. The van der Waals surface area contributed by atoms with Crippen molar-refractivity contribution in [2.24, 2.45) is 11.7 Å². The van der Waals surface area contributed by atoms with Crippen molar-refractivity contribution < 1.29 is 4.79 Å². The predicted molar refractivity (Wildman–Crippen MR) is 83.4 cm³/mol. The molecule has 1 aliphatic heterocycles. The Morgan fingerprint density at radius 3 is 2.53 bits per heavy atom. The first-order chi connectivity index (χ1) is 9.06. The van der Waals surface area contributed by atoms with E-state index >= 15 is 0 Å². The fourth-order valence-electron chi connectivity index (χ4n) is 2.57. The monoisotopic (exact) mass is 287 g/mol. The molecule has 3 N–H and O–H groups in total. The zero-order valence-corrected chi connectivity index (χ0v) is 13.3. The topological polar surface area (TPSA) is 58.4 Å². The molecule has 19 heavy (non-hydrogen) atoms. The van der Waals surface area contributed by atoms with Gasteiger partial charge in [-0.05, 0) is 50.3 Å². The van der Waals surface area contributed by atoms with E-state index in [-0.39, 0.29) is 11.9 Å². The Hall–Kier alpha value is -0.260. The smallest absolute Gasteiger partial charge is 0.237 e. The van der Waals surface area contributed by atoms with Crippen LogP contribution in [0.3, 0.4) is 0 Å². The number of amides is 1. The third-order valence-electron chi connectivity index (χ3n) is 3.83. The van der Waals surface area contributed by atoms with E-state index in [1.165, 1.54) is 12.8 Å². The number of thioether (sulfide) groups is 1. The van der Waals surface area contributed by atoms with Crippen molar-refractivity contribution in [3.8, 4) is 0 Å². The van der Waals surface area contributed by atoms with E-state index in [9.17, 15) is 4.79 Å². The molecule has 1 heterocycles. The highest BCUT2D eigenvalue weighted by Gasteiger charge is 2.25. The molecule has 1 aliphatic rings. The maximum Gasteiger partial charge on any atom is 0.237 e. The molecule has 0 bridgehead atoms. The van der Waals surface area contributed by atoms with Crippen LogP contribution in [0.4, 0.5) is 0 Å². The van der Waals surface area contributed by atoms with Gasteiger partial charge in [0.05, 0.1) is 6.04 Å². The Bertz CT molecular complexity index is 267. The van der Waals surface area contributed by atoms with Gasteiger partial charge in [-0.2, -0.15) is 11.8 Å². The second-order valence-electron chi connectivity index (χ2n) is 5.69. The van der Waals surface area contributed by atoms with Gasteiger partial charge in [-0.15, -0.1) is 0 Å². The summed E-state index contributed by atoms with van der Waals surface area (Å²) in [4.78, 5) is 14.4. The fourth-order valence-corrected chi connectivity index (χ4v) is 3.06. The van der Waals surface area contributed by atoms with Gasteiger partial charge >= 0.3 is 0 Å². The Labute approximate surface area is 121 Å². The summed E-state index contributed by atoms with van der Waals surface area (Å²) in [7, 11) is 0. The van der Waals surface area contributed by atoms with Gasteiger partial charge in [0, 0.05) is 12.6 Å². The molecule has 0 aromatic heterocycles. The van der Waals surface area contributed by atoms with E-state index in [0.717, 1.165) is 31.8 Å². The number of hydrogen-bond donors (Lipinski definition) is 2. The molecule has 112 valence electrons. The van der Waals surface area contributed by atoms with Gasteiger partial charge in [0.1, 0.15) is 0 Å². The average molecular weight is 287 g/mol. The summed E-state index contributed by atoms with van der Waals surface area (Å²) >= 11 is 1.73. The number of nitrogens with zero attached hydrogens (tertiary/aromatic N) is 1. The van der Waals surface area contributed by atoms with Gasteiger partial charge in [0.15, 0.2) is 0 Å². The first kappa shape index (κ1) is 16.8. The number of nitrogens with two attached hydrogens (primary N) is 1. The third-order valence-corrected chi connectivity index (χ3v) is 4.48. The van der Waals surface area contributed by atoms with Crippen molar-refractivity contribution in [3.63, 3.8) is 0 Å². The van der Waals surface area contributed by atoms with Crippen LogP contribution in [-0.4, -0.2) is 54.5 Å². The highest BCUT2D eigenvalue weighted by Crippen LogP contribution is 2.17. The fraction of sp³-hybridized carbons (Fsp3) is 0.929.